The zero-order chi connectivity index (χ0) is 19.8. The van der Waals surface area contributed by atoms with E-state index in [0.717, 1.165) is 10.8 Å². The number of benzene rings is 4. The number of phenols is 1. The van der Waals surface area contributed by atoms with Gasteiger partial charge in [-0.15, -0.1) is 0 Å². The van der Waals surface area contributed by atoms with Gasteiger partial charge < -0.3 is 9.84 Å². The van der Waals surface area contributed by atoms with Gasteiger partial charge in [-0.3, -0.25) is 5.32 Å². The lowest BCUT2D eigenvalue weighted by atomic mass is 9.98. The first-order chi connectivity index (χ1) is 14.2. The van der Waals surface area contributed by atoms with Crippen molar-refractivity contribution in [3.63, 3.8) is 0 Å². The number of aromatic hydroxyl groups is 1. The number of anilines is 1. The fraction of sp³-hybridized carbons (Fsp3) is 0.0800. The SMILES string of the molecule is O=C(Nc1ccc2cc(O)ccc2c1)OCC1c2ccccc2-c2ccccc21. The summed E-state index contributed by atoms with van der Waals surface area (Å²) in [5, 5.41) is 14.2. The Hall–Kier alpha value is -3.79. The molecule has 0 fully saturated rings. The van der Waals surface area contributed by atoms with Gasteiger partial charge in [0.25, 0.3) is 0 Å². The van der Waals surface area contributed by atoms with Crippen molar-refractivity contribution in [2.45, 2.75) is 5.92 Å². The predicted octanol–water partition coefficient (Wildman–Crippen LogP) is 5.91. The number of rotatable bonds is 3. The first-order valence-electron chi connectivity index (χ1n) is 9.54. The lowest BCUT2D eigenvalue weighted by Gasteiger charge is -2.14. The molecule has 0 radical (unpaired) electrons. The molecule has 2 N–H and O–H groups in total. The smallest absolute Gasteiger partial charge is 0.411 e. The van der Waals surface area contributed by atoms with Gasteiger partial charge in [-0.25, -0.2) is 4.79 Å². The molecule has 0 spiro atoms. The van der Waals surface area contributed by atoms with Gasteiger partial charge >= 0.3 is 6.09 Å². The molecule has 0 saturated carbocycles. The Morgan fingerprint density at radius 2 is 1.45 bits per heavy atom. The molecule has 142 valence electrons. The second kappa shape index (κ2) is 6.99. The Kier molecular flexibility index (Phi) is 4.17. The monoisotopic (exact) mass is 381 g/mol. The predicted molar refractivity (Wildman–Crippen MR) is 114 cm³/mol. The summed E-state index contributed by atoms with van der Waals surface area (Å²) in [6.07, 6.45) is -0.481. The number of hydrogen-bond acceptors (Lipinski definition) is 3. The maximum atomic E-state index is 12.4. The third kappa shape index (κ3) is 3.19. The highest BCUT2D eigenvalue weighted by molar-refractivity contribution is 5.91. The molecule has 4 aromatic carbocycles. The molecular formula is C25H19NO3. The highest BCUT2D eigenvalue weighted by Crippen LogP contribution is 2.44. The molecule has 0 saturated heterocycles. The molecule has 0 aromatic heterocycles. The number of carbonyl (C=O) groups is 1. The van der Waals surface area contributed by atoms with Crippen molar-refractivity contribution in [3.8, 4) is 16.9 Å². The first-order valence-corrected chi connectivity index (χ1v) is 9.54. The Morgan fingerprint density at radius 1 is 0.828 bits per heavy atom. The zero-order valence-corrected chi connectivity index (χ0v) is 15.6. The van der Waals surface area contributed by atoms with Crippen molar-refractivity contribution < 1.29 is 14.6 Å². The van der Waals surface area contributed by atoms with E-state index in [4.69, 9.17) is 4.74 Å². The topological polar surface area (TPSA) is 58.6 Å². The number of carbonyl (C=O) groups excluding carboxylic acids is 1. The van der Waals surface area contributed by atoms with Gasteiger partial charge in [0.05, 0.1) is 0 Å². The summed E-state index contributed by atoms with van der Waals surface area (Å²) in [5.41, 5.74) is 5.43. The summed E-state index contributed by atoms with van der Waals surface area (Å²) < 4.78 is 5.58. The number of fused-ring (bicyclic) bond motifs is 4. The van der Waals surface area contributed by atoms with Crippen LogP contribution in [0.1, 0.15) is 17.0 Å². The van der Waals surface area contributed by atoms with Crippen LogP contribution in [0.15, 0.2) is 84.9 Å². The van der Waals surface area contributed by atoms with E-state index in [9.17, 15) is 9.90 Å². The van der Waals surface area contributed by atoms with Crippen molar-refractivity contribution in [3.05, 3.63) is 96.1 Å². The lowest BCUT2D eigenvalue weighted by molar-refractivity contribution is 0.158. The molecule has 1 amide bonds. The number of amides is 1. The summed E-state index contributed by atoms with van der Waals surface area (Å²) in [5.74, 6) is 0.252. The molecule has 0 heterocycles. The maximum Gasteiger partial charge on any atom is 0.411 e. The van der Waals surface area contributed by atoms with Gasteiger partial charge in [-0.05, 0) is 57.3 Å². The minimum Gasteiger partial charge on any atom is -0.508 e. The summed E-state index contributed by atoms with van der Waals surface area (Å²) in [6.45, 7) is 0.279. The molecule has 4 aromatic rings. The number of phenolic OH excluding ortho intramolecular Hbond substituents is 1. The van der Waals surface area contributed by atoms with E-state index in [1.807, 2.05) is 42.5 Å². The van der Waals surface area contributed by atoms with E-state index < -0.39 is 6.09 Å². The van der Waals surface area contributed by atoms with Crippen LogP contribution in [0.25, 0.3) is 21.9 Å². The van der Waals surface area contributed by atoms with Crippen molar-refractivity contribution in [1.82, 2.24) is 0 Å². The molecule has 1 aliphatic carbocycles. The second-order valence-electron chi connectivity index (χ2n) is 7.20. The molecule has 29 heavy (non-hydrogen) atoms. The summed E-state index contributed by atoms with van der Waals surface area (Å²) in [4.78, 5) is 12.4. The van der Waals surface area contributed by atoms with Crippen LogP contribution in [0, 0.1) is 0 Å². The van der Waals surface area contributed by atoms with E-state index in [-0.39, 0.29) is 18.3 Å². The van der Waals surface area contributed by atoms with Gasteiger partial charge in [-0.2, -0.15) is 0 Å². The van der Waals surface area contributed by atoms with Gasteiger partial charge in [0.2, 0.25) is 0 Å². The van der Waals surface area contributed by atoms with Gasteiger partial charge in [0, 0.05) is 11.6 Å². The van der Waals surface area contributed by atoms with E-state index in [1.54, 1.807) is 18.2 Å². The van der Waals surface area contributed by atoms with Crippen LogP contribution in [-0.2, 0) is 4.74 Å². The Morgan fingerprint density at radius 3 is 2.17 bits per heavy atom. The van der Waals surface area contributed by atoms with Crippen LogP contribution in [0.5, 0.6) is 5.75 Å². The van der Waals surface area contributed by atoms with Crippen molar-refractivity contribution in [2.75, 3.05) is 11.9 Å². The third-order valence-corrected chi connectivity index (χ3v) is 5.41. The zero-order valence-electron chi connectivity index (χ0n) is 15.6. The van der Waals surface area contributed by atoms with Crippen molar-refractivity contribution in [1.29, 1.82) is 0 Å². The van der Waals surface area contributed by atoms with Crippen LogP contribution in [-0.4, -0.2) is 17.8 Å². The molecule has 0 atom stereocenters. The normalized spacial score (nSPS) is 12.4. The standard InChI is InChI=1S/C25H19NO3/c27-19-12-10-16-13-18(11-9-17(16)14-19)26-25(28)29-15-24-22-7-3-1-5-20(22)21-6-2-4-8-23(21)24/h1-14,24,27H,15H2,(H,26,28). The molecule has 4 nitrogen and oxygen atoms in total. The molecule has 4 heteroatoms. The highest BCUT2D eigenvalue weighted by Gasteiger charge is 2.28. The first kappa shape index (κ1) is 17.3. The van der Waals surface area contributed by atoms with Gasteiger partial charge in [0.15, 0.2) is 0 Å². The van der Waals surface area contributed by atoms with E-state index in [2.05, 4.69) is 29.6 Å². The lowest BCUT2D eigenvalue weighted by Crippen LogP contribution is -2.17. The third-order valence-electron chi connectivity index (χ3n) is 5.41. The van der Waals surface area contributed by atoms with E-state index in [1.165, 1.54) is 22.3 Å². The fourth-order valence-electron chi connectivity index (χ4n) is 4.06. The summed E-state index contributed by atoms with van der Waals surface area (Å²) in [7, 11) is 0. The average molecular weight is 381 g/mol. The number of nitrogens with one attached hydrogen (secondary N) is 1. The second-order valence-corrected chi connectivity index (χ2v) is 7.20. The summed E-state index contributed by atoms with van der Waals surface area (Å²) >= 11 is 0. The van der Waals surface area contributed by atoms with Crippen LogP contribution < -0.4 is 5.32 Å². The fourth-order valence-corrected chi connectivity index (χ4v) is 4.06. The van der Waals surface area contributed by atoms with Crippen LogP contribution in [0.2, 0.25) is 0 Å². The number of ether oxygens (including phenoxy) is 1. The van der Waals surface area contributed by atoms with Crippen LogP contribution in [0.3, 0.4) is 0 Å². The molecule has 1 aliphatic rings. The van der Waals surface area contributed by atoms with E-state index in [0.29, 0.717) is 5.69 Å². The Bertz CT molecular complexity index is 1190. The van der Waals surface area contributed by atoms with Gasteiger partial charge in [0.1, 0.15) is 12.4 Å². The molecule has 0 unspecified atom stereocenters. The maximum absolute atomic E-state index is 12.4. The van der Waals surface area contributed by atoms with E-state index >= 15 is 0 Å². The molecule has 5 rings (SSSR count). The van der Waals surface area contributed by atoms with Crippen molar-refractivity contribution >= 4 is 22.6 Å². The molecular weight excluding hydrogens is 362 g/mol. The average Bonchev–Trinajstić information content (AvgIpc) is 3.06. The Labute approximate surface area is 168 Å². The number of hydrogen-bond donors (Lipinski definition) is 2. The minimum atomic E-state index is -0.481. The van der Waals surface area contributed by atoms with Gasteiger partial charge in [-0.1, -0.05) is 60.7 Å². The summed E-state index contributed by atoms with van der Waals surface area (Å²) in [6, 6.07) is 27.2. The Balaban J connectivity index is 1.32. The van der Waals surface area contributed by atoms with Crippen LogP contribution >= 0.6 is 0 Å². The molecule has 0 aliphatic heterocycles. The highest BCUT2D eigenvalue weighted by atomic mass is 16.5. The quantitative estimate of drug-likeness (QED) is 0.464. The van der Waals surface area contributed by atoms with Crippen molar-refractivity contribution in [2.24, 2.45) is 0 Å². The molecule has 0 bridgehead atoms. The largest absolute Gasteiger partial charge is 0.508 e. The minimum absolute atomic E-state index is 0.0349. The van der Waals surface area contributed by atoms with Crippen LogP contribution in [0.4, 0.5) is 10.5 Å².